The van der Waals surface area contributed by atoms with E-state index in [1.54, 1.807) is 0 Å². The molecule has 0 fully saturated rings. The van der Waals surface area contributed by atoms with E-state index in [0.717, 1.165) is 0 Å². The molecule has 0 aromatic rings. The van der Waals surface area contributed by atoms with Gasteiger partial charge in [-0.15, -0.1) is 16.9 Å². The molecule has 0 unspecified atom stereocenters. The van der Waals surface area contributed by atoms with Gasteiger partial charge in [0, 0.05) is 0 Å². The Balaban J connectivity index is 0.0000000833. The summed E-state index contributed by atoms with van der Waals surface area (Å²) >= 11 is 0. The Labute approximate surface area is 35.8 Å². The molecule has 0 aliphatic carbocycles. The SMILES string of the molecule is O=NO.[B]1C=C1. The molecule has 0 aromatic heterocycles. The van der Waals surface area contributed by atoms with E-state index >= 15 is 0 Å². The molecular weight excluding hydrogens is 80.8 g/mol. The van der Waals surface area contributed by atoms with Gasteiger partial charge in [-0.05, 0) is 0 Å². The Hall–Kier alpha value is -0.795. The standard InChI is InChI=1S/C2H2B.HNO2/c1-2-3-1;2-1-3/h1-2H;(H,2,3). The summed E-state index contributed by atoms with van der Waals surface area (Å²) in [5.41, 5.74) is 0. The Morgan fingerprint density at radius 3 is 1.83 bits per heavy atom. The van der Waals surface area contributed by atoms with Crippen molar-refractivity contribution in [3.8, 4) is 0 Å². The molecule has 31 valence electrons. The zero-order chi connectivity index (χ0) is 4.83. The normalized spacial score (nSPS) is 10.0. The molecule has 0 bridgehead atoms. The fraction of sp³-hybridized carbons (Fsp3) is 0. The van der Waals surface area contributed by atoms with Crippen molar-refractivity contribution in [2.24, 2.45) is 5.34 Å². The van der Waals surface area contributed by atoms with Gasteiger partial charge in [-0.1, -0.05) is 0 Å². The van der Waals surface area contributed by atoms with Gasteiger partial charge in [0.1, 0.15) is 0 Å². The Morgan fingerprint density at radius 1 is 1.67 bits per heavy atom. The summed E-state index contributed by atoms with van der Waals surface area (Å²) in [6, 6.07) is 0. The van der Waals surface area contributed by atoms with Crippen LogP contribution in [-0.4, -0.2) is 12.5 Å². The highest BCUT2D eigenvalue weighted by Crippen LogP contribution is 1.79. The van der Waals surface area contributed by atoms with E-state index in [1.807, 2.05) is 19.2 Å². The van der Waals surface area contributed by atoms with Crippen LogP contribution in [-0.2, 0) is 0 Å². The summed E-state index contributed by atoms with van der Waals surface area (Å²) in [6.45, 7) is 0. The molecule has 1 aliphatic heterocycles. The fourth-order valence-electron chi connectivity index (χ4n) is 0. The third kappa shape index (κ3) is 371. The van der Waals surface area contributed by atoms with Crippen molar-refractivity contribution in [2.45, 2.75) is 0 Å². The number of hydrogen-bond acceptors (Lipinski definition) is 2. The monoisotopic (exact) mass is 84.0 g/mol. The van der Waals surface area contributed by atoms with Crippen molar-refractivity contribution in [1.82, 2.24) is 0 Å². The van der Waals surface area contributed by atoms with Crippen LogP contribution in [0, 0.1) is 4.91 Å². The first kappa shape index (κ1) is 5.20. The van der Waals surface area contributed by atoms with Gasteiger partial charge in [0.15, 0.2) is 12.6 Å². The molecule has 0 saturated carbocycles. The van der Waals surface area contributed by atoms with Crippen molar-refractivity contribution in [3.63, 3.8) is 0 Å². The quantitative estimate of drug-likeness (QED) is 0.261. The molecule has 3 nitrogen and oxygen atoms in total. The smallest absolute Gasteiger partial charge is 0.168 e. The first-order valence-corrected chi connectivity index (χ1v) is 1.38. The zero-order valence-corrected chi connectivity index (χ0v) is 3.03. The largest absolute Gasteiger partial charge is 0.379 e. The van der Waals surface area contributed by atoms with Crippen molar-refractivity contribution >= 4 is 7.28 Å². The van der Waals surface area contributed by atoms with E-state index in [-0.39, 0.29) is 0 Å². The molecule has 1 rings (SSSR count). The summed E-state index contributed by atoms with van der Waals surface area (Å²) < 4.78 is 0. The highest BCUT2D eigenvalue weighted by atomic mass is 16.6. The Bertz CT molecular complexity index is 58.6. The van der Waals surface area contributed by atoms with Crippen LogP contribution in [0.1, 0.15) is 0 Å². The second-order valence-corrected chi connectivity index (χ2v) is 0.659. The topological polar surface area (TPSA) is 49.7 Å². The van der Waals surface area contributed by atoms with Crippen molar-refractivity contribution < 1.29 is 5.21 Å². The average Bonchev–Trinajstić information content (AvgIpc) is 2.11. The molecule has 0 amide bonds. The van der Waals surface area contributed by atoms with Crippen LogP contribution in [0.3, 0.4) is 0 Å². The van der Waals surface area contributed by atoms with Crippen LogP contribution in [0.2, 0.25) is 0 Å². The first-order valence-electron chi connectivity index (χ1n) is 1.38. The molecule has 1 aliphatic rings. The fourth-order valence-corrected chi connectivity index (χ4v) is 0. The van der Waals surface area contributed by atoms with Gasteiger partial charge in [0.2, 0.25) is 0 Å². The summed E-state index contributed by atoms with van der Waals surface area (Å²) in [4.78, 5) is 8.11. The van der Waals surface area contributed by atoms with E-state index in [4.69, 9.17) is 10.1 Å². The molecule has 0 saturated heterocycles. The van der Waals surface area contributed by atoms with Gasteiger partial charge < -0.3 is 5.21 Å². The Kier molecular flexibility index (Phi) is 3.65. The lowest BCUT2D eigenvalue weighted by atomic mass is 10.1. The van der Waals surface area contributed by atoms with Crippen molar-refractivity contribution in [1.29, 1.82) is 0 Å². The van der Waals surface area contributed by atoms with Gasteiger partial charge in [-0.3, -0.25) is 0 Å². The lowest BCUT2D eigenvalue weighted by Gasteiger charge is -1.32. The molecule has 4 heteroatoms. The predicted octanol–water partition coefficient (Wildman–Crippen LogP) is 0.317. The molecule has 1 N–H and O–H groups in total. The maximum Gasteiger partial charge on any atom is 0.168 e. The van der Waals surface area contributed by atoms with Crippen LogP contribution in [0.4, 0.5) is 0 Å². The third-order valence-corrected chi connectivity index (χ3v) is 0.192. The zero-order valence-electron chi connectivity index (χ0n) is 3.03. The summed E-state index contributed by atoms with van der Waals surface area (Å²) in [5.74, 6) is 4.00. The minimum Gasteiger partial charge on any atom is -0.379 e. The summed E-state index contributed by atoms with van der Waals surface area (Å²) in [5, 5.41) is 7.89. The van der Waals surface area contributed by atoms with Gasteiger partial charge in [0.25, 0.3) is 0 Å². The molecule has 1 radical (unpaired) electrons. The minimum absolute atomic E-state index is 1.25. The summed E-state index contributed by atoms with van der Waals surface area (Å²) in [6.07, 6.45) is 0. The van der Waals surface area contributed by atoms with E-state index < -0.39 is 0 Å². The molecule has 0 spiro atoms. The predicted molar refractivity (Wildman–Crippen MR) is 22.5 cm³/mol. The minimum atomic E-state index is 1.25. The van der Waals surface area contributed by atoms with Crippen LogP contribution < -0.4 is 0 Å². The molecule has 6 heavy (non-hydrogen) atoms. The van der Waals surface area contributed by atoms with Gasteiger partial charge in [-0.2, -0.15) is 0 Å². The summed E-state index contributed by atoms with van der Waals surface area (Å²) in [7, 11) is 2.00. The maximum absolute atomic E-state index is 8.11. The van der Waals surface area contributed by atoms with E-state index in [1.165, 1.54) is 5.34 Å². The van der Waals surface area contributed by atoms with E-state index in [2.05, 4.69) is 0 Å². The maximum atomic E-state index is 8.11. The molecular formula is C2H3BNO2. The van der Waals surface area contributed by atoms with Crippen LogP contribution >= 0.6 is 0 Å². The number of rotatable bonds is 0. The highest BCUT2D eigenvalue weighted by Gasteiger charge is 1.80. The third-order valence-electron chi connectivity index (χ3n) is 0.192. The number of hydrogen-bond donors (Lipinski definition) is 1. The van der Waals surface area contributed by atoms with E-state index in [9.17, 15) is 0 Å². The first-order chi connectivity index (χ1) is 2.91. The molecule has 0 atom stereocenters. The lowest BCUT2D eigenvalue weighted by Crippen LogP contribution is -1.30. The average molecular weight is 83.9 g/mol. The van der Waals surface area contributed by atoms with Crippen LogP contribution in [0.25, 0.3) is 0 Å². The molecule has 1 heterocycles. The second-order valence-electron chi connectivity index (χ2n) is 0.659. The van der Waals surface area contributed by atoms with Crippen molar-refractivity contribution in [3.05, 3.63) is 16.9 Å². The second kappa shape index (κ2) is 4.20. The van der Waals surface area contributed by atoms with Gasteiger partial charge in [-0.25, -0.2) is 0 Å². The van der Waals surface area contributed by atoms with Gasteiger partial charge >= 0.3 is 0 Å². The molecule has 0 aromatic carbocycles. The van der Waals surface area contributed by atoms with Crippen molar-refractivity contribution in [2.75, 3.05) is 0 Å². The lowest BCUT2D eigenvalue weighted by molar-refractivity contribution is 0.312. The van der Waals surface area contributed by atoms with Crippen LogP contribution in [0.5, 0.6) is 0 Å². The van der Waals surface area contributed by atoms with Gasteiger partial charge in [0.05, 0.1) is 0 Å². The highest BCUT2D eigenvalue weighted by molar-refractivity contribution is 6.60. The van der Waals surface area contributed by atoms with Crippen LogP contribution in [0.15, 0.2) is 17.3 Å². The van der Waals surface area contributed by atoms with E-state index in [0.29, 0.717) is 0 Å². The Morgan fingerprint density at radius 2 is 1.83 bits per heavy atom. The number of nitrogens with zero attached hydrogens (tertiary/aromatic N) is 1.